The Morgan fingerprint density at radius 3 is 2.88 bits per heavy atom. The molecular weight excluding hydrogens is 219 g/mol. The van der Waals surface area contributed by atoms with Crippen LogP contribution in [0.2, 0.25) is 0 Å². The highest BCUT2D eigenvalue weighted by atomic mass is 19.1. The van der Waals surface area contributed by atoms with E-state index in [2.05, 4.69) is 5.32 Å². The number of nitriles is 1. The molecule has 0 aromatic heterocycles. The van der Waals surface area contributed by atoms with Crippen LogP contribution in [0.25, 0.3) is 0 Å². The number of amides is 1. The van der Waals surface area contributed by atoms with E-state index in [-0.39, 0.29) is 23.9 Å². The summed E-state index contributed by atoms with van der Waals surface area (Å²) in [4.78, 5) is 11.5. The molecule has 2 unspecified atom stereocenters. The van der Waals surface area contributed by atoms with Crippen molar-refractivity contribution in [3.8, 4) is 6.07 Å². The van der Waals surface area contributed by atoms with E-state index in [9.17, 15) is 9.18 Å². The molecule has 0 heterocycles. The lowest BCUT2D eigenvalue weighted by Gasteiger charge is -2.06. The van der Waals surface area contributed by atoms with Crippen molar-refractivity contribution in [3.63, 3.8) is 0 Å². The smallest absolute Gasteiger partial charge is 0.223 e. The van der Waals surface area contributed by atoms with E-state index in [0.717, 1.165) is 6.42 Å². The molecule has 4 heteroatoms. The monoisotopic (exact) mass is 232 g/mol. The van der Waals surface area contributed by atoms with Crippen molar-refractivity contribution in [3.05, 3.63) is 35.1 Å². The summed E-state index contributed by atoms with van der Waals surface area (Å²) in [5.41, 5.74) is 0.694. The summed E-state index contributed by atoms with van der Waals surface area (Å²) >= 11 is 0. The molecule has 1 aromatic carbocycles. The van der Waals surface area contributed by atoms with Crippen LogP contribution in [0.15, 0.2) is 18.2 Å². The summed E-state index contributed by atoms with van der Waals surface area (Å²) in [5.74, 6) is 0.0757. The van der Waals surface area contributed by atoms with Crippen LogP contribution >= 0.6 is 0 Å². The Kier molecular flexibility index (Phi) is 3.10. The van der Waals surface area contributed by atoms with Gasteiger partial charge in [0, 0.05) is 18.0 Å². The summed E-state index contributed by atoms with van der Waals surface area (Å²) < 4.78 is 13.5. The second kappa shape index (κ2) is 4.54. The standard InChI is InChI=1S/C13H13FN2O/c1-8-4-11(8)13(17)16-7-10-3-2-9(6-15)5-12(10)14/h2-3,5,8,11H,4,7H2,1H3,(H,16,17). The number of carbonyl (C=O) groups excluding carboxylic acids is 1. The van der Waals surface area contributed by atoms with Gasteiger partial charge in [0.2, 0.25) is 5.91 Å². The first kappa shape index (κ1) is 11.6. The first-order chi connectivity index (χ1) is 8.11. The van der Waals surface area contributed by atoms with E-state index in [1.54, 1.807) is 6.07 Å². The Labute approximate surface area is 99.2 Å². The zero-order chi connectivity index (χ0) is 12.4. The van der Waals surface area contributed by atoms with Gasteiger partial charge < -0.3 is 5.32 Å². The maximum atomic E-state index is 13.5. The fourth-order valence-electron chi connectivity index (χ4n) is 1.76. The molecule has 1 fully saturated rings. The number of hydrogen-bond acceptors (Lipinski definition) is 2. The van der Waals surface area contributed by atoms with Crippen LogP contribution in [0.3, 0.4) is 0 Å². The Morgan fingerprint density at radius 1 is 1.65 bits per heavy atom. The maximum absolute atomic E-state index is 13.5. The van der Waals surface area contributed by atoms with E-state index in [1.807, 2.05) is 13.0 Å². The molecule has 1 N–H and O–H groups in total. The molecule has 1 saturated carbocycles. The molecule has 1 aliphatic rings. The van der Waals surface area contributed by atoms with Crippen LogP contribution in [-0.4, -0.2) is 5.91 Å². The van der Waals surface area contributed by atoms with Crippen molar-refractivity contribution in [2.24, 2.45) is 11.8 Å². The first-order valence-corrected chi connectivity index (χ1v) is 5.58. The topological polar surface area (TPSA) is 52.9 Å². The van der Waals surface area contributed by atoms with E-state index < -0.39 is 5.82 Å². The second-order valence-corrected chi connectivity index (χ2v) is 4.46. The minimum Gasteiger partial charge on any atom is -0.352 e. The van der Waals surface area contributed by atoms with Gasteiger partial charge in [-0.2, -0.15) is 5.26 Å². The minimum absolute atomic E-state index is 0.0127. The second-order valence-electron chi connectivity index (χ2n) is 4.46. The third kappa shape index (κ3) is 2.62. The molecule has 0 saturated heterocycles. The Balaban J connectivity index is 1.95. The van der Waals surface area contributed by atoms with Crippen molar-refractivity contribution >= 4 is 5.91 Å². The van der Waals surface area contributed by atoms with E-state index in [0.29, 0.717) is 11.5 Å². The summed E-state index contributed by atoms with van der Waals surface area (Å²) in [6.45, 7) is 2.20. The van der Waals surface area contributed by atoms with Crippen LogP contribution in [-0.2, 0) is 11.3 Å². The average Bonchev–Trinajstić information content (AvgIpc) is 3.04. The lowest BCUT2D eigenvalue weighted by molar-refractivity contribution is -0.122. The molecule has 0 aliphatic heterocycles. The highest BCUT2D eigenvalue weighted by Crippen LogP contribution is 2.37. The molecule has 2 rings (SSSR count). The average molecular weight is 232 g/mol. The summed E-state index contributed by atoms with van der Waals surface area (Å²) in [6, 6.07) is 6.13. The molecule has 88 valence electrons. The molecule has 0 radical (unpaired) electrons. The fourth-order valence-corrected chi connectivity index (χ4v) is 1.76. The molecular formula is C13H13FN2O. The quantitative estimate of drug-likeness (QED) is 0.866. The fraction of sp³-hybridized carbons (Fsp3) is 0.385. The van der Waals surface area contributed by atoms with Crippen molar-refractivity contribution in [2.75, 3.05) is 0 Å². The van der Waals surface area contributed by atoms with Gasteiger partial charge >= 0.3 is 0 Å². The normalized spacial score (nSPS) is 21.7. The Hall–Kier alpha value is -1.89. The van der Waals surface area contributed by atoms with Crippen molar-refractivity contribution in [1.29, 1.82) is 5.26 Å². The molecule has 17 heavy (non-hydrogen) atoms. The molecule has 0 bridgehead atoms. The van der Waals surface area contributed by atoms with Gasteiger partial charge in [0.05, 0.1) is 11.6 Å². The minimum atomic E-state index is -0.451. The molecule has 1 aromatic rings. The van der Waals surface area contributed by atoms with Gasteiger partial charge in [-0.25, -0.2) is 4.39 Å². The molecule has 0 spiro atoms. The highest BCUT2D eigenvalue weighted by Gasteiger charge is 2.38. The lowest BCUT2D eigenvalue weighted by atomic mass is 10.1. The molecule has 1 aliphatic carbocycles. The van der Waals surface area contributed by atoms with Crippen LogP contribution < -0.4 is 5.32 Å². The van der Waals surface area contributed by atoms with Gasteiger partial charge in [0.1, 0.15) is 5.82 Å². The zero-order valence-corrected chi connectivity index (χ0v) is 9.53. The van der Waals surface area contributed by atoms with Crippen molar-refractivity contribution in [2.45, 2.75) is 19.9 Å². The van der Waals surface area contributed by atoms with Crippen LogP contribution in [0.5, 0.6) is 0 Å². The van der Waals surface area contributed by atoms with E-state index in [1.165, 1.54) is 12.1 Å². The number of carbonyl (C=O) groups is 1. The molecule has 3 nitrogen and oxygen atoms in total. The number of nitrogens with one attached hydrogen (secondary N) is 1. The van der Waals surface area contributed by atoms with Gasteiger partial charge in [-0.15, -0.1) is 0 Å². The maximum Gasteiger partial charge on any atom is 0.223 e. The van der Waals surface area contributed by atoms with Gasteiger partial charge in [-0.3, -0.25) is 4.79 Å². The van der Waals surface area contributed by atoms with E-state index >= 15 is 0 Å². The summed E-state index contributed by atoms with van der Waals surface area (Å²) in [7, 11) is 0. The Morgan fingerprint density at radius 2 is 2.35 bits per heavy atom. The van der Waals surface area contributed by atoms with Gasteiger partial charge in [-0.05, 0) is 24.5 Å². The number of nitrogens with zero attached hydrogens (tertiary/aromatic N) is 1. The van der Waals surface area contributed by atoms with Gasteiger partial charge in [0.25, 0.3) is 0 Å². The third-order valence-corrected chi connectivity index (χ3v) is 3.08. The lowest BCUT2D eigenvalue weighted by Crippen LogP contribution is -2.25. The van der Waals surface area contributed by atoms with Crippen LogP contribution in [0.1, 0.15) is 24.5 Å². The molecule has 2 atom stereocenters. The molecule has 1 amide bonds. The Bertz CT molecular complexity index is 493. The van der Waals surface area contributed by atoms with E-state index in [4.69, 9.17) is 5.26 Å². The predicted octanol–water partition coefficient (Wildman–Crippen LogP) is 1.97. The summed E-state index contributed by atoms with van der Waals surface area (Å²) in [5, 5.41) is 11.3. The first-order valence-electron chi connectivity index (χ1n) is 5.58. The SMILES string of the molecule is CC1CC1C(=O)NCc1ccc(C#N)cc1F. The largest absolute Gasteiger partial charge is 0.352 e. The number of hydrogen-bond donors (Lipinski definition) is 1. The van der Waals surface area contributed by atoms with Crippen molar-refractivity contribution in [1.82, 2.24) is 5.32 Å². The number of halogens is 1. The number of benzene rings is 1. The van der Waals surface area contributed by atoms with Gasteiger partial charge in [-0.1, -0.05) is 13.0 Å². The highest BCUT2D eigenvalue weighted by molar-refractivity contribution is 5.81. The van der Waals surface area contributed by atoms with Crippen LogP contribution in [0.4, 0.5) is 4.39 Å². The van der Waals surface area contributed by atoms with Crippen molar-refractivity contribution < 1.29 is 9.18 Å². The predicted molar refractivity (Wildman–Crippen MR) is 60.2 cm³/mol. The number of rotatable bonds is 3. The zero-order valence-electron chi connectivity index (χ0n) is 9.53. The third-order valence-electron chi connectivity index (χ3n) is 3.08. The summed E-state index contributed by atoms with van der Waals surface area (Å²) in [6.07, 6.45) is 0.918. The van der Waals surface area contributed by atoms with Crippen LogP contribution in [0, 0.1) is 29.0 Å². The van der Waals surface area contributed by atoms with Gasteiger partial charge in [0.15, 0.2) is 0 Å².